The van der Waals surface area contributed by atoms with Crippen LogP contribution in [0.25, 0.3) is 0 Å². The van der Waals surface area contributed by atoms with E-state index in [1.54, 1.807) is 0 Å². The number of hydrogen-bond donors (Lipinski definition) is 1. The molecular formula is C17H26N2S. The van der Waals surface area contributed by atoms with E-state index >= 15 is 0 Å². The molecule has 0 spiro atoms. The Kier molecular flexibility index (Phi) is 5.96. The number of hydrogen-bond acceptors (Lipinski definition) is 3. The highest BCUT2D eigenvalue weighted by atomic mass is 32.2. The van der Waals surface area contributed by atoms with Gasteiger partial charge in [0.15, 0.2) is 5.17 Å². The zero-order chi connectivity index (χ0) is 14.4. The van der Waals surface area contributed by atoms with Gasteiger partial charge in [0.25, 0.3) is 0 Å². The lowest BCUT2D eigenvalue weighted by Crippen LogP contribution is -2.26. The van der Waals surface area contributed by atoms with Crippen LogP contribution < -0.4 is 5.32 Å². The summed E-state index contributed by atoms with van der Waals surface area (Å²) in [5.74, 6) is 0.792. The van der Waals surface area contributed by atoms with E-state index in [9.17, 15) is 0 Å². The molecule has 2 rings (SSSR count). The predicted octanol–water partition coefficient (Wildman–Crippen LogP) is 4.63. The molecule has 1 aromatic carbocycles. The number of nitrogens with one attached hydrogen (secondary N) is 1. The molecule has 2 unspecified atom stereocenters. The minimum atomic E-state index is 0.378. The van der Waals surface area contributed by atoms with Crippen molar-refractivity contribution in [2.45, 2.75) is 51.3 Å². The molecular weight excluding hydrogens is 264 g/mol. The van der Waals surface area contributed by atoms with Crippen LogP contribution in [0.4, 0.5) is 0 Å². The first kappa shape index (κ1) is 15.4. The van der Waals surface area contributed by atoms with E-state index in [4.69, 9.17) is 4.99 Å². The Morgan fingerprint density at radius 2 is 1.85 bits per heavy atom. The lowest BCUT2D eigenvalue weighted by atomic mass is 9.99. The quantitative estimate of drug-likeness (QED) is 0.825. The third-order valence-electron chi connectivity index (χ3n) is 4.16. The van der Waals surface area contributed by atoms with Crippen LogP contribution in [0, 0.1) is 5.92 Å². The van der Waals surface area contributed by atoms with Crippen molar-refractivity contribution in [1.29, 1.82) is 0 Å². The smallest absolute Gasteiger partial charge is 0.157 e. The minimum Gasteiger partial charge on any atom is -0.358 e. The van der Waals surface area contributed by atoms with E-state index in [1.165, 1.54) is 18.4 Å². The number of aliphatic imine (C=N–C) groups is 1. The van der Waals surface area contributed by atoms with Gasteiger partial charge in [0.1, 0.15) is 0 Å². The third-order valence-corrected chi connectivity index (χ3v) is 5.47. The first-order valence-corrected chi connectivity index (χ1v) is 8.68. The predicted molar refractivity (Wildman–Crippen MR) is 90.4 cm³/mol. The van der Waals surface area contributed by atoms with Crippen LogP contribution in [0.15, 0.2) is 35.3 Å². The van der Waals surface area contributed by atoms with Gasteiger partial charge in [-0.05, 0) is 17.9 Å². The second kappa shape index (κ2) is 7.72. The van der Waals surface area contributed by atoms with Gasteiger partial charge in [0.05, 0.1) is 12.6 Å². The van der Waals surface area contributed by atoms with Crippen LogP contribution in [-0.4, -0.2) is 17.0 Å². The Balaban J connectivity index is 1.94. The molecule has 20 heavy (non-hydrogen) atoms. The molecule has 0 aliphatic carbocycles. The number of benzene rings is 1. The summed E-state index contributed by atoms with van der Waals surface area (Å²) in [6.45, 7) is 7.78. The molecule has 0 amide bonds. The average Bonchev–Trinajstić information content (AvgIpc) is 2.95. The maximum Gasteiger partial charge on any atom is 0.157 e. The number of rotatable bonds is 6. The zero-order valence-electron chi connectivity index (χ0n) is 12.8. The largest absolute Gasteiger partial charge is 0.358 e. The maximum atomic E-state index is 4.72. The molecule has 1 heterocycles. The SMILES string of the molecule is CCC(NC1=NCC(C(CC)CC)S1)c1ccccc1. The molecule has 0 radical (unpaired) electrons. The molecule has 1 aliphatic rings. The molecule has 2 atom stereocenters. The number of thioether (sulfide) groups is 1. The van der Waals surface area contributed by atoms with E-state index in [1.807, 2.05) is 11.8 Å². The van der Waals surface area contributed by atoms with E-state index < -0.39 is 0 Å². The van der Waals surface area contributed by atoms with Crippen molar-refractivity contribution in [3.8, 4) is 0 Å². The summed E-state index contributed by atoms with van der Waals surface area (Å²) in [4.78, 5) is 4.72. The summed E-state index contributed by atoms with van der Waals surface area (Å²) >= 11 is 1.95. The van der Waals surface area contributed by atoms with Gasteiger partial charge in [0.2, 0.25) is 0 Å². The molecule has 1 N–H and O–H groups in total. The lowest BCUT2D eigenvalue weighted by Gasteiger charge is -2.21. The second-order valence-corrected chi connectivity index (χ2v) is 6.62. The molecule has 1 aromatic rings. The van der Waals surface area contributed by atoms with Crippen LogP contribution in [0.1, 0.15) is 51.6 Å². The van der Waals surface area contributed by atoms with Gasteiger partial charge in [-0.2, -0.15) is 0 Å². The Hall–Kier alpha value is -0.960. The highest BCUT2D eigenvalue weighted by Crippen LogP contribution is 2.31. The summed E-state index contributed by atoms with van der Waals surface area (Å²) < 4.78 is 0. The van der Waals surface area contributed by atoms with E-state index in [0.29, 0.717) is 11.3 Å². The van der Waals surface area contributed by atoms with Crippen LogP contribution in [0.2, 0.25) is 0 Å². The van der Waals surface area contributed by atoms with E-state index in [0.717, 1.165) is 24.1 Å². The van der Waals surface area contributed by atoms with Gasteiger partial charge in [-0.1, -0.05) is 75.7 Å². The topological polar surface area (TPSA) is 24.4 Å². The van der Waals surface area contributed by atoms with Crippen molar-refractivity contribution < 1.29 is 0 Å². The molecule has 1 aliphatic heterocycles. The van der Waals surface area contributed by atoms with E-state index in [-0.39, 0.29) is 0 Å². The number of nitrogens with zero attached hydrogens (tertiary/aromatic N) is 1. The van der Waals surface area contributed by atoms with Crippen molar-refractivity contribution >= 4 is 16.9 Å². The molecule has 0 saturated heterocycles. The van der Waals surface area contributed by atoms with Gasteiger partial charge in [-0.25, -0.2) is 0 Å². The van der Waals surface area contributed by atoms with Crippen molar-refractivity contribution in [3.63, 3.8) is 0 Å². The van der Waals surface area contributed by atoms with Gasteiger partial charge in [-0.3, -0.25) is 4.99 Å². The van der Waals surface area contributed by atoms with E-state index in [2.05, 4.69) is 56.4 Å². The minimum absolute atomic E-state index is 0.378. The Morgan fingerprint density at radius 3 is 2.45 bits per heavy atom. The molecule has 0 saturated carbocycles. The van der Waals surface area contributed by atoms with Crippen molar-refractivity contribution in [2.24, 2.45) is 10.9 Å². The van der Waals surface area contributed by atoms with Crippen LogP contribution in [0.3, 0.4) is 0 Å². The molecule has 0 fully saturated rings. The highest BCUT2D eigenvalue weighted by molar-refractivity contribution is 8.14. The lowest BCUT2D eigenvalue weighted by molar-refractivity contribution is 0.479. The summed E-state index contributed by atoms with van der Waals surface area (Å²) in [6.07, 6.45) is 3.60. The Labute approximate surface area is 127 Å². The number of amidine groups is 1. The zero-order valence-corrected chi connectivity index (χ0v) is 13.6. The van der Waals surface area contributed by atoms with Crippen molar-refractivity contribution in [3.05, 3.63) is 35.9 Å². The van der Waals surface area contributed by atoms with Crippen molar-refractivity contribution in [2.75, 3.05) is 6.54 Å². The molecule has 3 heteroatoms. The fraction of sp³-hybridized carbons (Fsp3) is 0.588. The van der Waals surface area contributed by atoms with Gasteiger partial charge in [0, 0.05) is 5.25 Å². The fourth-order valence-electron chi connectivity index (χ4n) is 2.79. The first-order valence-electron chi connectivity index (χ1n) is 7.81. The van der Waals surface area contributed by atoms with Crippen LogP contribution in [0.5, 0.6) is 0 Å². The summed E-state index contributed by atoms with van der Waals surface area (Å²) in [5, 5.41) is 5.43. The standard InChI is InChI=1S/C17H26N2S/c1-4-13(5-2)16-12-18-17(20-16)19-15(6-3)14-10-8-7-9-11-14/h7-11,13,15-16H,4-6,12H2,1-3H3,(H,18,19). The van der Waals surface area contributed by atoms with Gasteiger partial charge in [-0.15, -0.1) is 0 Å². The monoisotopic (exact) mass is 290 g/mol. The Bertz CT molecular complexity index is 426. The van der Waals surface area contributed by atoms with Gasteiger partial charge < -0.3 is 5.32 Å². The average molecular weight is 290 g/mol. The maximum absolute atomic E-state index is 4.72. The fourth-order valence-corrected chi connectivity index (χ4v) is 4.16. The highest BCUT2D eigenvalue weighted by Gasteiger charge is 2.26. The summed E-state index contributed by atoms with van der Waals surface area (Å²) in [5.41, 5.74) is 1.35. The molecule has 0 aromatic heterocycles. The molecule has 110 valence electrons. The Morgan fingerprint density at radius 1 is 1.15 bits per heavy atom. The second-order valence-electron chi connectivity index (χ2n) is 5.39. The van der Waals surface area contributed by atoms with Crippen LogP contribution in [-0.2, 0) is 0 Å². The normalized spacial score (nSPS) is 20.0. The van der Waals surface area contributed by atoms with Crippen LogP contribution >= 0.6 is 11.8 Å². The third kappa shape index (κ3) is 3.78. The molecule has 2 nitrogen and oxygen atoms in total. The van der Waals surface area contributed by atoms with Gasteiger partial charge >= 0.3 is 0 Å². The summed E-state index contributed by atoms with van der Waals surface area (Å²) in [6, 6.07) is 11.1. The summed E-state index contributed by atoms with van der Waals surface area (Å²) in [7, 11) is 0. The van der Waals surface area contributed by atoms with Crippen molar-refractivity contribution in [1.82, 2.24) is 5.32 Å². The molecule has 0 bridgehead atoms. The first-order chi connectivity index (χ1) is 9.78.